The fourth-order valence-corrected chi connectivity index (χ4v) is 3.59. The predicted molar refractivity (Wildman–Crippen MR) is 108 cm³/mol. The minimum Gasteiger partial charge on any atom is -0.493 e. The van der Waals surface area contributed by atoms with Crippen LogP contribution in [0.25, 0.3) is 0 Å². The molecule has 1 aliphatic rings. The van der Waals surface area contributed by atoms with Crippen molar-refractivity contribution >= 4 is 11.8 Å². The van der Waals surface area contributed by atoms with Gasteiger partial charge in [0.05, 0.1) is 14.2 Å². The molecule has 1 aliphatic heterocycles. The SMILES string of the molecule is COc1ccc(CCN(C)C2CCCN(c3ccnc(N)n3)C2)cc1OC. The van der Waals surface area contributed by atoms with E-state index in [2.05, 4.69) is 38.9 Å². The topological polar surface area (TPSA) is 76.7 Å². The molecule has 27 heavy (non-hydrogen) atoms. The van der Waals surface area contributed by atoms with Gasteiger partial charge in [0.15, 0.2) is 11.5 Å². The normalized spacial score (nSPS) is 17.2. The number of hydrogen-bond donors (Lipinski definition) is 1. The van der Waals surface area contributed by atoms with Gasteiger partial charge in [-0.1, -0.05) is 6.07 Å². The molecule has 1 aromatic heterocycles. The van der Waals surface area contributed by atoms with Gasteiger partial charge in [-0.25, -0.2) is 4.98 Å². The van der Waals surface area contributed by atoms with E-state index >= 15 is 0 Å². The van der Waals surface area contributed by atoms with Crippen molar-refractivity contribution < 1.29 is 9.47 Å². The summed E-state index contributed by atoms with van der Waals surface area (Å²) in [4.78, 5) is 13.1. The lowest BCUT2D eigenvalue weighted by Crippen LogP contribution is -2.47. The first-order valence-electron chi connectivity index (χ1n) is 9.35. The van der Waals surface area contributed by atoms with Crippen LogP contribution < -0.4 is 20.1 Å². The van der Waals surface area contributed by atoms with Crippen LogP contribution in [-0.2, 0) is 6.42 Å². The van der Waals surface area contributed by atoms with E-state index in [0.717, 1.165) is 49.8 Å². The minimum atomic E-state index is 0.330. The minimum absolute atomic E-state index is 0.330. The highest BCUT2D eigenvalue weighted by molar-refractivity contribution is 5.43. The first-order chi connectivity index (χ1) is 13.1. The molecule has 146 valence electrons. The van der Waals surface area contributed by atoms with Crippen molar-refractivity contribution in [2.24, 2.45) is 0 Å². The number of ether oxygens (including phenoxy) is 2. The van der Waals surface area contributed by atoms with Gasteiger partial charge in [-0.2, -0.15) is 4.98 Å². The smallest absolute Gasteiger partial charge is 0.221 e. The molecule has 0 amide bonds. The zero-order valence-corrected chi connectivity index (χ0v) is 16.4. The first kappa shape index (κ1) is 19.2. The lowest BCUT2D eigenvalue weighted by Gasteiger charge is -2.38. The predicted octanol–water partition coefficient (Wildman–Crippen LogP) is 2.22. The second kappa shape index (κ2) is 8.90. The first-order valence-corrected chi connectivity index (χ1v) is 9.35. The van der Waals surface area contributed by atoms with Crippen molar-refractivity contribution in [2.75, 3.05) is 51.5 Å². The third kappa shape index (κ3) is 4.80. The maximum Gasteiger partial charge on any atom is 0.221 e. The number of nitrogens with two attached hydrogens (primary N) is 1. The highest BCUT2D eigenvalue weighted by Gasteiger charge is 2.24. The molecule has 7 heteroatoms. The van der Waals surface area contributed by atoms with Gasteiger partial charge in [-0.15, -0.1) is 0 Å². The summed E-state index contributed by atoms with van der Waals surface area (Å²) in [6.07, 6.45) is 5.03. The molecule has 2 heterocycles. The second-order valence-corrected chi connectivity index (χ2v) is 6.94. The highest BCUT2D eigenvalue weighted by Crippen LogP contribution is 2.28. The Bertz CT molecular complexity index is 755. The molecule has 2 aromatic rings. The Balaban J connectivity index is 1.58. The average Bonchev–Trinajstić information content (AvgIpc) is 2.71. The molecule has 1 atom stereocenters. The van der Waals surface area contributed by atoms with E-state index in [0.29, 0.717) is 12.0 Å². The molecule has 0 bridgehead atoms. The van der Waals surface area contributed by atoms with Crippen LogP contribution in [-0.4, -0.2) is 61.8 Å². The molecule has 7 nitrogen and oxygen atoms in total. The number of rotatable bonds is 7. The molecule has 3 rings (SSSR count). The number of anilines is 2. The summed E-state index contributed by atoms with van der Waals surface area (Å²) in [5.74, 6) is 2.79. The third-order valence-electron chi connectivity index (χ3n) is 5.20. The summed E-state index contributed by atoms with van der Waals surface area (Å²) >= 11 is 0. The van der Waals surface area contributed by atoms with Gasteiger partial charge in [0, 0.05) is 31.9 Å². The fraction of sp³-hybridized carbons (Fsp3) is 0.500. The van der Waals surface area contributed by atoms with Gasteiger partial charge < -0.3 is 25.0 Å². The summed E-state index contributed by atoms with van der Waals surface area (Å²) in [5, 5.41) is 0. The van der Waals surface area contributed by atoms with E-state index in [4.69, 9.17) is 15.2 Å². The van der Waals surface area contributed by atoms with E-state index in [-0.39, 0.29) is 0 Å². The molecular weight excluding hydrogens is 342 g/mol. The molecule has 0 spiro atoms. The van der Waals surface area contributed by atoms with Crippen molar-refractivity contribution in [2.45, 2.75) is 25.3 Å². The molecule has 0 radical (unpaired) electrons. The molecule has 2 N–H and O–H groups in total. The van der Waals surface area contributed by atoms with Gasteiger partial charge in [0.2, 0.25) is 5.95 Å². The van der Waals surface area contributed by atoms with Crippen LogP contribution in [0.5, 0.6) is 11.5 Å². The number of nitrogen functional groups attached to an aromatic ring is 1. The molecule has 1 fully saturated rings. The van der Waals surface area contributed by atoms with Crippen molar-refractivity contribution in [3.8, 4) is 11.5 Å². The zero-order chi connectivity index (χ0) is 19.2. The summed E-state index contributed by atoms with van der Waals surface area (Å²) in [6.45, 7) is 2.95. The molecule has 1 aromatic carbocycles. The van der Waals surface area contributed by atoms with Crippen LogP contribution in [0.15, 0.2) is 30.5 Å². The molecule has 0 aliphatic carbocycles. The van der Waals surface area contributed by atoms with Crippen LogP contribution in [0.2, 0.25) is 0 Å². The number of nitrogens with zero attached hydrogens (tertiary/aromatic N) is 4. The molecule has 0 saturated carbocycles. The standard InChI is InChI=1S/C20H29N5O2/c1-24(12-9-15-6-7-17(26-2)18(13-15)27-3)16-5-4-11-25(14-16)19-8-10-22-20(21)23-19/h6-8,10,13,16H,4-5,9,11-12,14H2,1-3H3,(H2,21,22,23). The number of hydrogen-bond acceptors (Lipinski definition) is 7. The quantitative estimate of drug-likeness (QED) is 0.800. The Morgan fingerprint density at radius 3 is 2.78 bits per heavy atom. The molecule has 1 unspecified atom stereocenters. The summed E-state index contributed by atoms with van der Waals surface area (Å²) < 4.78 is 10.7. The average molecular weight is 371 g/mol. The van der Waals surface area contributed by atoms with E-state index in [1.54, 1.807) is 20.4 Å². The van der Waals surface area contributed by atoms with Gasteiger partial charge >= 0.3 is 0 Å². The summed E-state index contributed by atoms with van der Waals surface area (Å²) in [7, 11) is 5.53. The van der Waals surface area contributed by atoms with Crippen LogP contribution in [0.4, 0.5) is 11.8 Å². The Morgan fingerprint density at radius 2 is 2.04 bits per heavy atom. The zero-order valence-electron chi connectivity index (χ0n) is 16.4. The van der Waals surface area contributed by atoms with Gasteiger partial charge in [0.1, 0.15) is 5.82 Å². The Hall–Kier alpha value is -2.54. The van der Waals surface area contributed by atoms with Crippen LogP contribution in [0, 0.1) is 0 Å². The second-order valence-electron chi connectivity index (χ2n) is 6.94. The highest BCUT2D eigenvalue weighted by atomic mass is 16.5. The monoisotopic (exact) mass is 371 g/mol. The Kier molecular flexibility index (Phi) is 6.34. The Morgan fingerprint density at radius 1 is 1.22 bits per heavy atom. The van der Waals surface area contributed by atoms with E-state index in [9.17, 15) is 0 Å². The lowest BCUT2D eigenvalue weighted by molar-refractivity contribution is 0.217. The summed E-state index contributed by atoms with van der Waals surface area (Å²) in [5.41, 5.74) is 6.98. The molecular formula is C20H29N5O2. The largest absolute Gasteiger partial charge is 0.493 e. The van der Waals surface area contributed by atoms with Gasteiger partial charge in [-0.3, -0.25) is 0 Å². The van der Waals surface area contributed by atoms with E-state index in [1.807, 2.05) is 12.1 Å². The van der Waals surface area contributed by atoms with Crippen molar-refractivity contribution in [3.05, 3.63) is 36.0 Å². The van der Waals surface area contributed by atoms with Crippen molar-refractivity contribution in [3.63, 3.8) is 0 Å². The van der Waals surface area contributed by atoms with E-state index in [1.165, 1.54) is 12.0 Å². The number of methoxy groups -OCH3 is 2. The third-order valence-corrected chi connectivity index (χ3v) is 5.20. The fourth-order valence-electron chi connectivity index (χ4n) is 3.59. The van der Waals surface area contributed by atoms with Crippen molar-refractivity contribution in [1.82, 2.24) is 14.9 Å². The maximum atomic E-state index is 5.74. The molecule has 1 saturated heterocycles. The van der Waals surface area contributed by atoms with Gasteiger partial charge in [-0.05, 0) is 50.1 Å². The van der Waals surface area contributed by atoms with Crippen molar-refractivity contribution in [1.29, 1.82) is 0 Å². The van der Waals surface area contributed by atoms with Crippen LogP contribution >= 0.6 is 0 Å². The number of likely N-dealkylation sites (N-methyl/N-ethyl adjacent to an activating group) is 1. The van der Waals surface area contributed by atoms with Crippen LogP contribution in [0.1, 0.15) is 18.4 Å². The maximum absolute atomic E-state index is 5.74. The summed E-state index contributed by atoms with van der Waals surface area (Å²) in [6, 6.07) is 8.56. The van der Waals surface area contributed by atoms with Gasteiger partial charge in [0.25, 0.3) is 0 Å². The number of benzene rings is 1. The lowest BCUT2D eigenvalue weighted by atomic mass is 10.0. The van der Waals surface area contributed by atoms with E-state index < -0.39 is 0 Å². The number of aromatic nitrogens is 2. The Labute approximate surface area is 161 Å². The van der Waals surface area contributed by atoms with Crippen LogP contribution in [0.3, 0.4) is 0 Å². The number of piperidine rings is 1.